The number of nitrogens with one attached hydrogen (secondary N) is 1. The highest BCUT2D eigenvalue weighted by Crippen LogP contribution is 2.10. The van der Waals surface area contributed by atoms with E-state index in [0.29, 0.717) is 18.1 Å². The van der Waals surface area contributed by atoms with Gasteiger partial charge in [-0.2, -0.15) is 0 Å². The Kier molecular flexibility index (Phi) is 5.58. The van der Waals surface area contributed by atoms with Crippen molar-refractivity contribution in [2.45, 2.75) is 13.0 Å². The lowest BCUT2D eigenvalue weighted by atomic mass is 10.2. The lowest BCUT2D eigenvalue weighted by Crippen LogP contribution is -2.37. The van der Waals surface area contributed by atoms with Crippen LogP contribution in [-0.2, 0) is 13.0 Å². The van der Waals surface area contributed by atoms with Crippen LogP contribution in [0.25, 0.3) is 0 Å². The predicted octanol–water partition coefficient (Wildman–Crippen LogP) is 3.12. The van der Waals surface area contributed by atoms with Crippen LogP contribution in [0.3, 0.4) is 0 Å². The van der Waals surface area contributed by atoms with E-state index in [9.17, 15) is 4.79 Å². The Labute approximate surface area is 129 Å². The average Bonchev–Trinajstić information content (AvgIpc) is 2.51. The standard InChI is InChI=1S/C16H18ClN3O/c1-20(10-7-13-5-8-18-9-6-13)16(21)19-12-14-3-2-4-15(17)11-14/h2-6,8-9,11H,7,10,12H2,1H3,(H,19,21). The first-order valence-electron chi connectivity index (χ1n) is 6.77. The first-order chi connectivity index (χ1) is 10.1. The molecule has 0 aliphatic heterocycles. The van der Waals surface area contributed by atoms with Crippen LogP contribution in [0.15, 0.2) is 48.8 Å². The third-order valence-corrected chi connectivity index (χ3v) is 3.40. The number of amides is 2. The summed E-state index contributed by atoms with van der Waals surface area (Å²) in [4.78, 5) is 17.6. The molecule has 1 heterocycles. The molecule has 0 bridgehead atoms. The summed E-state index contributed by atoms with van der Waals surface area (Å²) in [5.74, 6) is 0. The summed E-state index contributed by atoms with van der Waals surface area (Å²) in [6.07, 6.45) is 4.33. The molecular weight excluding hydrogens is 286 g/mol. The van der Waals surface area contributed by atoms with Gasteiger partial charge in [-0.25, -0.2) is 4.79 Å². The van der Waals surface area contributed by atoms with E-state index in [1.54, 1.807) is 24.3 Å². The number of carbonyl (C=O) groups excluding carboxylic acids is 1. The molecule has 1 aromatic heterocycles. The Morgan fingerprint density at radius 1 is 1.24 bits per heavy atom. The van der Waals surface area contributed by atoms with Gasteiger partial charge >= 0.3 is 6.03 Å². The van der Waals surface area contributed by atoms with Crippen molar-refractivity contribution in [2.24, 2.45) is 0 Å². The molecule has 1 N–H and O–H groups in total. The minimum absolute atomic E-state index is 0.0935. The SMILES string of the molecule is CN(CCc1ccncc1)C(=O)NCc1cccc(Cl)c1. The lowest BCUT2D eigenvalue weighted by molar-refractivity contribution is 0.209. The van der Waals surface area contributed by atoms with E-state index >= 15 is 0 Å². The van der Waals surface area contributed by atoms with E-state index in [1.807, 2.05) is 36.4 Å². The maximum Gasteiger partial charge on any atom is 0.317 e. The van der Waals surface area contributed by atoms with Gasteiger partial charge in [0.1, 0.15) is 0 Å². The molecule has 1 aromatic carbocycles. The van der Waals surface area contributed by atoms with Gasteiger partial charge in [0.2, 0.25) is 0 Å². The fraction of sp³-hybridized carbons (Fsp3) is 0.250. The van der Waals surface area contributed by atoms with Crippen LogP contribution in [0, 0.1) is 0 Å². The topological polar surface area (TPSA) is 45.2 Å². The maximum atomic E-state index is 12.0. The van der Waals surface area contributed by atoms with Gasteiger partial charge in [0.15, 0.2) is 0 Å². The van der Waals surface area contributed by atoms with E-state index in [2.05, 4.69) is 10.3 Å². The lowest BCUT2D eigenvalue weighted by Gasteiger charge is -2.18. The van der Waals surface area contributed by atoms with Gasteiger partial charge in [0.05, 0.1) is 0 Å². The Morgan fingerprint density at radius 3 is 2.71 bits per heavy atom. The zero-order valence-corrected chi connectivity index (χ0v) is 12.7. The molecular formula is C16H18ClN3O. The zero-order chi connectivity index (χ0) is 15.1. The summed E-state index contributed by atoms with van der Waals surface area (Å²) in [7, 11) is 1.79. The largest absolute Gasteiger partial charge is 0.334 e. The minimum Gasteiger partial charge on any atom is -0.334 e. The van der Waals surface area contributed by atoms with Gasteiger partial charge in [-0.15, -0.1) is 0 Å². The zero-order valence-electron chi connectivity index (χ0n) is 11.9. The number of halogens is 1. The summed E-state index contributed by atoms with van der Waals surface area (Å²) in [6.45, 7) is 1.13. The van der Waals surface area contributed by atoms with Gasteiger partial charge in [0, 0.05) is 37.6 Å². The molecule has 0 unspecified atom stereocenters. The quantitative estimate of drug-likeness (QED) is 0.922. The summed E-state index contributed by atoms with van der Waals surface area (Å²) >= 11 is 5.91. The van der Waals surface area contributed by atoms with Crippen LogP contribution in [-0.4, -0.2) is 29.5 Å². The molecule has 110 valence electrons. The number of likely N-dealkylation sites (N-methyl/N-ethyl adjacent to an activating group) is 1. The molecule has 0 fully saturated rings. The third-order valence-electron chi connectivity index (χ3n) is 3.16. The van der Waals surface area contributed by atoms with Crippen LogP contribution in [0.4, 0.5) is 4.79 Å². The second-order valence-electron chi connectivity index (χ2n) is 4.82. The van der Waals surface area contributed by atoms with Crippen LogP contribution < -0.4 is 5.32 Å². The van der Waals surface area contributed by atoms with Crippen molar-refractivity contribution in [3.8, 4) is 0 Å². The Bertz CT molecular complexity index is 589. The Morgan fingerprint density at radius 2 is 2.00 bits per heavy atom. The van der Waals surface area contributed by atoms with E-state index < -0.39 is 0 Å². The highest BCUT2D eigenvalue weighted by molar-refractivity contribution is 6.30. The van der Waals surface area contributed by atoms with Crippen LogP contribution in [0.2, 0.25) is 5.02 Å². The summed E-state index contributed by atoms with van der Waals surface area (Å²) < 4.78 is 0. The molecule has 0 spiro atoms. The number of hydrogen-bond acceptors (Lipinski definition) is 2. The van der Waals surface area contributed by atoms with Crippen molar-refractivity contribution < 1.29 is 4.79 Å². The van der Waals surface area contributed by atoms with Crippen LogP contribution in [0.5, 0.6) is 0 Å². The number of benzene rings is 1. The maximum absolute atomic E-state index is 12.0. The molecule has 5 heteroatoms. The number of rotatable bonds is 5. The number of aromatic nitrogens is 1. The van der Waals surface area contributed by atoms with Crippen molar-refractivity contribution in [3.05, 3.63) is 64.9 Å². The molecule has 2 aromatic rings. The van der Waals surface area contributed by atoms with Gasteiger partial charge in [-0.05, 0) is 41.8 Å². The number of urea groups is 1. The van der Waals surface area contributed by atoms with Crippen molar-refractivity contribution in [1.29, 1.82) is 0 Å². The first-order valence-corrected chi connectivity index (χ1v) is 7.15. The summed E-state index contributed by atoms with van der Waals surface area (Å²) in [5.41, 5.74) is 2.15. The molecule has 2 rings (SSSR count). The van der Waals surface area contributed by atoms with Crippen molar-refractivity contribution in [1.82, 2.24) is 15.2 Å². The molecule has 0 saturated carbocycles. The van der Waals surface area contributed by atoms with E-state index in [4.69, 9.17) is 11.6 Å². The predicted molar refractivity (Wildman–Crippen MR) is 84.3 cm³/mol. The second kappa shape index (κ2) is 7.64. The van der Waals surface area contributed by atoms with Gasteiger partial charge in [-0.1, -0.05) is 23.7 Å². The molecule has 0 aliphatic rings. The van der Waals surface area contributed by atoms with Gasteiger partial charge in [-0.3, -0.25) is 4.98 Å². The van der Waals surface area contributed by atoms with Gasteiger partial charge < -0.3 is 10.2 Å². The summed E-state index contributed by atoms with van der Waals surface area (Å²) in [6, 6.07) is 11.3. The molecule has 4 nitrogen and oxygen atoms in total. The molecule has 0 saturated heterocycles. The van der Waals surface area contributed by atoms with E-state index in [-0.39, 0.29) is 6.03 Å². The average molecular weight is 304 g/mol. The summed E-state index contributed by atoms with van der Waals surface area (Å²) in [5, 5.41) is 3.55. The smallest absolute Gasteiger partial charge is 0.317 e. The van der Waals surface area contributed by atoms with Crippen molar-refractivity contribution >= 4 is 17.6 Å². The fourth-order valence-corrected chi connectivity index (χ4v) is 2.12. The highest BCUT2D eigenvalue weighted by Gasteiger charge is 2.08. The molecule has 0 atom stereocenters. The van der Waals surface area contributed by atoms with E-state index in [0.717, 1.165) is 12.0 Å². The Hall–Kier alpha value is -2.07. The second-order valence-corrected chi connectivity index (χ2v) is 5.25. The minimum atomic E-state index is -0.0935. The Balaban J connectivity index is 1.77. The molecule has 0 aliphatic carbocycles. The monoisotopic (exact) mass is 303 g/mol. The molecule has 2 amide bonds. The normalized spacial score (nSPS) is 10.2. The third kappa shape index (κ3) is 5.08. The molecule has 21 heavy (non-hydrogen) atoms. The van der Waals surface area contributed by atoms with E-state index in [1.165, 1.54) is 5.56 Å². The fourth-order valence-electron chi connectivity index (χ4n) is 1.91. The first kappa shape index (κ1) is 15.3. The number of hydrogen-bond donors (Lipinski definition) is 1. The number of carbonyl (C=O) groups is 1. The van der Waals surface area contributed by atoms with Crippen molar-refractivity contribution in [3.63, 3.8) is 0 Å². The van der Waals surface area contributed by atoms with Crippen molar-refractivity contribution in [2.75, 3.05) is 13.6 Å². The van der Waals surface area contributed by atoms with Crippen LogP contribution >= 0.6 is 11.6 Å². The number of pyridine rings is 1. The number of nitrogens with zero attached hydrogens (tertiary/aromatic N) is 2. The van der Waals surface area contributed by atoms with Gasteiger partial charge in [0.25, 0.3) is 0 Å². The highest BCUT2D eigenvalue weighted by atomic mass is 35.5. The van der Waals surface area contributed by atoms with Crippen LogP contribution in [0.1, 0.15) is 11.1 Å². The molecule has 0 radical (unpaired) electrons.